The summed E-state index contributed by atoms with van der Waals surface area (Å²) in [6.45, 7) is 0. The maximum Gasteiger partial charge on any atom is 0.320 e. The van der Waals surface area contributed by atoms with Crippen molar-refractivity contribution in [3.8, 4) is 0 Å². The van der Waals surface area contributed by atoms with Crippen molar-refractivity contribution in [1.29, 1.82) is 0 Å². The first-order valence-electron chi connectivity index (χ1n) is 5.64. The highest BCUT2D eigenvalue weighted by atomic mass is 16.6. The van der Waals surface area contributed by atoms with Gasteiger partial charge in [0, 0.05) is 6.07 Å². The molecule has 0 fully saturated rings. The Hall–Kier alpha value is -2.47. The first-order chi connectivity index (χ1) is 9.00. The molecule has 0 saturated heterocycles. The van der Waals surface area contributed by atoms with Gasteiger partial charge in [-0.1, -0.05) is 24.3 Å². The molecule has 0 spiro atoms. The number of nitrogens with zero attached hydrogens (tertiary/aromatic N) is 1. The zero-order valence-electron chi connectivity index (χ0n) is 9.95. The number of carboxylic acid groups (broad SMARTS) is 1. The quantitative estimate of drug-likeness (QED) is 0.642. The number of carboxylic acids is 1. The number of hydrogen-bond donors (Lipinski definition) is 2. The van der Waals surface area contributed by atoms with Crippen LogP contribution in [0.25, 0.3) is 10.8 Å². The van der Waals surface area contributed by atoms with Gasteiger partial charge in [0.05, 0.1) is 10.3 Å². The van der Waals surface area contributed by atoms with Gasteiger partial charge in [0.1, 0.15) is 6.04 Å². The monoisotopic (exact) mass is 260 g/mol. The maximum absolute atomic E-state index is 10.9. The number of carbonyl (C=O) groups is 1. The van der Waals surface area contributed by atoms with Crippen molar-refractivity contribution < 1.29 is 14.8 Å². The lowest BCUT2D eigenvalue weighted by atomic mass is 9.98. The molecule has 0 aromatic heterocycles. The first-order valence-corrected chi connectivity index (χ1v) is 5.64. The number of nitro groups is 1. The second-order valence-electron chi connectivity index (χ2n) is 4.20. The molecule has 0 aliphatic heterocycles. The van der Waals surface area contributed by atoms with Gasteiger partial charge in [-0.05, 0) is 23.4 Å². The molecule has 0 radical (unpaired) electrons. The van der Waals surface area contributed by atoms with E-state index in [4.69, 9.17) is 10.8 Å². The Morgan fingerprint density at radius 1 is 1.26 bits per heavy atom. The largest absolute Gasteiger partial charge is 0.480 e. The van der Waals surface area contributed by atoms with Crippen molar-refractivity contribution in [3.63, 3.8) is 0 Å². The molecule has 0 unspecified atom stereocenters. The number of nitrogens with two attached hydrogens (primary N) is 1. The van der Waals surface area contributed by atoms with E-state index in [1.807, 2.05) is 0 Å². The molecular weight excluding hydrogens is 248 g/mol. The van der Waals surface area contributed by atoms with Crippen molar-refractivity contribution in [2.75, 3.05) is 0 Å². The van der Waals surface area contributed by atoms with Crippen LogP contribution >= 0.6 is 0 Å². The van der Waals surface area contributed by atoms with E-state index in [9.17, 15) is 14.9 Å². The van der Waals surface area contributed by atoms with E-state index in [-0.39, 0.29) is 12.1 Å². The number of non-ortho nitro benzene ring substituents is 1. The summed E-state index contributed by atoms with van der Waals surface area (Å²) in [5.41, 5.74) is 6.20. The van der Waals surface area contributed by atoms with Crippen LogP contribution in [0.1, 0.15) is 5.56 Å². The topological polar surface area (TPSA) is 106 Å². The fraction of sp³-hybridized carbons (Fsp3) is 0.154. The Kier molecular flexibility index (Phi) is 3.43. The van der Waals surface area contributed by atoms with Gasteiger partial charge in [-0.2, -0.15) is 0 Å². The molecule has 0 heterocycles. The molecule has 2 aromatic rings. The number of benzene rings is 2. The van der Waals surface area contributed by atoms with Crippen LogP contribution in [-0.4, -0.2) is 22.0 Å². The number of nitro benzene ring substituents is 1. The average Bonchev–Trinajstić information content (AvgIpc) is 2.38. The molecular formula is C13H12N2O4. The van der Waals surface area contributed by atoms with Gasteiger partial charge in [-0.3, -0.25) is 14.9 Å². The van der Waals surface area contributed by atoms with E-state index in [1.165, 1.54) is 6.07 Å². The average molecular weight is 260 g/mol. The third kappa shape index (κ3) is 2.53. The second-order valence-corrected chi connectivity index (χ2v) is 4.20. The summed E-state index contributed by atoms with van der Waals surface area (Å²) in [7, 11) is 0. The zero-order chi connectivity index (χ0) is 14.0. The Balaban J connectivity index is 2.55. The molecule has 1 atom stereocenters. The minimum atomic E-state index is -1.09. The highest BCUT2D eigenvalue weighted by Gasteiger charge is 2.17. The summed E-state index contributed by atoms with van der Waals surface area (Å²) in [6.07, 6.45) is 0.133. The summed E-state index contributed by atoms with van der Waals surface area (Å²) < 4.78 is 0. The highest BCUT2D eigenvalue weighted by molar-refractivity contribution is 5.93. The Labute approximate surface area is 108 Å². The van der Waals surface area contributed by atoms with E-state index in [0.717, 1.165) is 0 Å². The van der Waals surface area contributed by atoms with E-state index >= 15 is 0 Å². The summed E-state index contributed by atoms with van der Waals surface area (Å²) in [4.78, 5) is 21.3. The minimum Gasteiger partial charge on any atom is -0.480 e. The van der Waals surface area contributed by atoms with Gasteiger partial charge in [-0.15, -0.1) is 0 Å². The zero-order valence-corrected chi connectivity index (χ0v) is 9.95. The summed E-state index contributed by atoms with van der Waals surface area (Å²) in [6, 6.07) is 8.74. The van der Waals surface area contributed by atoms with Crippen molar-refractivity contribution >= 4 is 22.4 Å². The van der Waals surface area contributed by atoms with Crippen molar-refractivity contribution in [3.05, 3.63) is 52.1 Å². The number of fused-ring (bicyclic) bond motifs is 1. The van der Waals surface area contributed by atoms with Gasteiger partial charge in [-0.25, -0.2) is 0 Å². The van der Waals surface area contributed by atoms with Crippen LogP contribution in [0.2, 0.25) is 0 Å². The molecule has 6 nitrogen and oxygen atoms in total. The number of hydrogen-bond acceptors (Lipinski definition) is 4. The predicted molar refractivity (Wildman–Crippen MR) is 69.9 cm³/mol. The molecule has 0 amide bonds. The Morgan fingerprint density at radius 3 is 2.47 bits per heavy atom. The van der Waals surface area contributed by atoms with Crippen LogP contribution in [0.4, 0.5) is 5.69 Å². The minimum absolute atomic E-state index is 0.00301. The van der Waals surface area contributed by atoms with Gasteiger partial charge in [0.2, 0.25) is 0 Å². The van der Waals surface area contributed by atoms with Crippen molar-refractivity contribution in [2.45, 2.75) is 12.5 Å². The normalized spacial score (nSPS) is 12.3. The molecule has 19 heavy (non-hydrogen) atoms. The van der Waals surface area contributed by atoms with Crippen LogP contribution in [0.15, 0.2) is 36.4 Å². The van der Waals surface area contributed by atoms with Crippen molar-refractivity contribution in [2.24, 2.45) is 5.73 Å². The molecule has 98 valence electrons. The first kappa shape index (κ1) is 13.0. The lowest BCUT2D eigenvalue weighted by Gasteiger charge is -2.10. The second kappa shape index (κ2) is 5.03. The van der Waals surface area contributed by atoms with E-state index in [1.54, 1.807) is 30.3 Å². The molecule has 0 aliphatic carbocycles. The predicted octanol–water partition coefficient (Wildman–Crippen LogP) is 1.70. The van der Waals surface area contributed by atoms with Gasteiger partial charge in [0.15, 0.2) is 0 Å². The lowest BCUT2D eigenvalue weighted by Crippen LogP contribution is -2.32. The van der Waals surface area contributed by atoms with Gasteiger partial charge < -0.3 is 10.8 Å². The van der Waals surface area contributed by atoms with E-state index in [2.05, 4.69) is 0 Å². The van der Waals surface area contributed by atoms with Crippen LogP contribution < -0.4 is 5.73 Å². The third-order valence-electron chi connectivity index (χ3n) is 2.95. The smallest absolute Gasteiger partial charge is 0.320 e. The standard InChI is InChI=1S/C13H12N2O4/c14-11(13(16)17)7-8-5-6-12(15(18)19)10-4-2-1-3-9(8)10/h1-6,11H,7,14H2,(H,16,17)/t11-/m1/s1. The van der Waals surface area contributed by atoms with Crippen molar-refractivity contribution in [1.82, 2.24) is 0 Å². The number of rotatable bonds is 4. The molecule has 3 N–H and O–H groups in total. The SMILES string of the molecule is N[C@H](Cc1ccc([N+](=O)[O-])c2ccccc12)C(=O)O. The fourth-order valence-corrected chi connectivity index (χ4v) is 2.01. The van der Waals surface area contributed by atoms with E-state index < -0.39 is 16.9 Å². The van der Waals surface area contributed by atoms with Crippen LogP contribution in [0.5, 0.6) is 0 Å². The highest BCUT2D eigenvalue weighted by Crippen LogP contribution is 2.28. The summed E-state index contributed by atoms with van der Waals surface area (Å²) in [5, 5.41) is 20.9. The summed E-state index contributed by atoms with van der Waals surface area (Å²) >= 11 is 0. The molecule has 0 saturated carbocycles. The Bertz CT molecular complexity index is 654. The van der Waals surface area contributed by atoms with Crippen LogP contribution in [0, 0.1) is 10.1 Å². The maximum atomic E-state index is 10.9. The van der Waals surface area contributed by atoms with Gasteiger partial charge in [0.25, 0.3) is 5.69 Å². The molecule has 0 bridgehead atoms. The molecule has 6 heteroatoms. The fourth-order valence-electron chi connectivity index (χ4n) is 2.01. The van der Waals surface area contributed by atoms with Crippen LogP contribution in [-0.2, 0) is 11.2 Å². The Morgan fingerprint density at radius 2 is 1.89 bits per heavy atom. The van der Waals surface area contributed by atoms with Gasteiger partial charge >= 0.3 is 5.97 Å². The molecule has 2 rings (SSSR count). The molecule has 2 aromatic carbocycles. The lowest BCUT2D eigenvalue weighted by molar-refractivity contribution is -0.383. The van der Waals surface area contributed by atoms with Crippen LogP contribution in [0.3, 0.4) is 0 Å². The number of aliphatic carboxylic acids is 1. The molecule has 0 aliphatic rings. The third-order valence-corrected chi connectivity index (χ3v) is 2.95. The summed E-state index contributed by atoms with van der Waals surface area (Å²) in [5.74, 6) is -1.09. The van der Waals surface area contributed by atoms with E-state index in [0.29, 0.717) is 16.3 Å².